The Bertz CT molecular complexity index is 463. The lowest BCUT2D eigenvalue weighted by Gasteiger charge is -2.12. The van der Waals surface area contributed by atoms with Crippen LogP contribution in [0.2, 0.25) is 0 Å². The van der Waals surface area contributed by atoms with E-state index in [1.54, 1.807) is 12.1 Å². The summed E-state index contributed by atoms with van der Waals surface area (Å²) in [5.74, 6) is 0.422. The lowest BCUT2D eigenvalue weighted by molar-refractivity contribution is -0.138. The summed E-state index contributed by atoms with van der Waals surface area (Å²) in [6, 6.07) is 4.64. The lowest BCUT2D eigenvalue weighted by atomic mass is 9.98. The van der Waals surface area contributed by atoms with Crippen molar-refractivity contribution in [3.63, 3.8) is 0 Å². The summed E-state index contributed by atoms with van der Waals surface area (Å²) in [6.07, 6.45) is -4.28. The molecule has 0 amide bonds. The van der Waals surface area contributed by atoms with Gasteiger partial charge in [0, 0.05) is 0 Å². The third-order valence-electron chi connectivity index (χ3n) is 4.23. The highest BCUT2D eigenvalue weighted by molar-refractivity contribution is 5.39. The Labute approximate surface area is 105 Å². The first-order valence-electron chi connectivity index (χ1n) is 6.07. The van der Waals surface area contributed by atoms with Crippen molar-refractivity contribution < 1.29 is 13.2 Å². The standard InChI is InChI=1S/C14H18F3N/c1-8-4-5-9(6-10(8)14(15,16)17)12-11(7-18)13(12,2)3/h4-6,11-12H,7,18H2,1-3H3. The molecule has 100 valence electrons. The van der Waals surface area contributed by atoms with Crippen molar-refractivity contribution in [2.75, 3.05) is 6.54 Å². The van der Waals surface area contributed by atoms with Gasteiger partial charge in [-0.2, -0.15) is 13.2 Å². The van der Waals surface area contributed by atoms with E-state index in [0.29, 0.717) is 6.54 Å². The number of alkyl halides is 3. The van der Waals surface area contributed by atoms with Gasteiger partial charge in [0.25, 0.3) is 0 Å². The van der Waals surface area contributed by atoms with Crippen molar-refractivity contribution in [1.29, 1.82) is 0 Å². The minimum absolute atomic E-state index is 0.00682. The van der Waals surface area contributed by atoms with Crippen molar-refractivity contribution in [2.45, 2.75) is 32.9 Å². The highest BCUT2D eigenvalue weighted by Crippen LogP contribution is 2.64. The van der Waals surface area contributed by atoms with Gasteiger partial charge in [0.2, 0.25) is 0 Å². The number of hydrogen-bond donors (Lipinski definition) is 1. The van der Waals surface area contributed by atoms with Crippen LogP contribution in [0.4, 0.5) is 13.2 Å². The van der Waals surface area contributed by atoms with E-state index < -0.39 is 11.7 Å². The van der Waals surface area contributed by atoms with Gasteiger partial charge >= 0.3 is 6.18 Å². The molecule has 2 unspecified atom stereocenters. The zero-order valence-corrected chi connectivity index (χ0v) is 10.8. The quantitative estimate of drug-likeness (QED) is 0.858. The van der Waals surface area contributed by atoms with Gasteiger partial charge in [-0.3, -0.25) is 0 Å². The van der Waals surface area contributed by atoms with Crippen LogP contribution in [-0.4, -0.2) is 6.54 Å². The highest BCUT2D eigenvalue weighted by Gasteiger charge is 2.57. The van der Waals surface area contributed by atoms with E-state index in [0.717, 1.165) is 5.56 Å². The molecule has 1 aromatic carbocycles. The number of halogens is 3. The molecule has 1 aliphatic rings. The van der Waals surface area contributed by atoms with Crippen LogP contribution < -0.4 is 5.73 Å². The summed E-state index contributed by atoms with van der Waals surface area (Å²) in [5.41, 5.74) is 6.18. The van der Waals surface area contributed by atoms with Crippen LogP contribution in [-0.2, 0) is 6.18 Å². The average molecular weight is 257 g/mol. The molecule has 0 aliphatic heterocycles. The van der Waals surface area contributed by atoms with E-state index in [4.69, 9.17) is 5.73 Å². The van der Waals surface area contributed by atoms with Crippen LogP contribution in [0.5, 0.6) is 0 Å². The van der Waals surface area contributed by atoms with Gasteiger partial charge in [-0.25, -0.2) is 0 Å². The van der Waals surface area contributed by atoms with Crippen LogP contribution in [0.25, 0.3) is 0 Å². The summed E-state index contributed by atoms with van der Waals surface area (Å²) in [7, 11) is 0. The molecule has 1 saturated carbocycles. The fourth-order valence-electron chi connectivity index (χ4n) is 2.98. The summed E-state index contributed by atoms with van der Waals surface area (Å²) in [6.45, 7) is 6.13. The SMILES string of the molecule is Cc1ccc(C2C(CN)C2(C)C)cc1C(F)(F)F. The maximum absolute atomic E-state index is 12.9. The van der Waals surface area contributed by atoms with Crippen molar-refractivity contribution in [3.8, 4) is 0 Å². The largest absolute Gasteiger partial charge is 0.416 e. The zero-order chi connectivity index (χ0) is 13.7. The monoisotopic (exact) mass is 257 g/mol. The van der Waals surface area contributed by atoms with Crippen molar-refractivity contribution in [3.05, 3.63) is 34.9 Å². The fourth-order valence-corrected chi connectivity index (χ4v) is 2.98. The Morgan fingerprint density at radius 3 is 2.33 bits per heavy atom. The Kier molecular flexibility index (Phi) is 2.97. The molecule has 2 rings (SSSR count). The van der Waals surface area contributed by atoms with E-state index in [9.17, 15) is 13.2 Å². The van der Waals surface area contributed by atoms with Crippen LogP contribution in [0.3, 0.4) is 0 Å². The van der Waals surface area contributed by atoms with Crippen LogP contribution in [0, 0.1) is 18.3 Å². The average Bonchev–Trinajstić information content (AvgIpc) is 2.79. The van der Waals surface area contributed by atoms with Gasteiger partial charge in [0.15, 0.2) is 0 Å². The predicted molar refractivity (Wildman–Crippen MR) is 65.2 cm³/mol. The maximum atomic E-state index is 12.9. The molecule has 0 aromatic heterocycles. The second-order valence-corrected chi connectivity index (χ2v) is 5.71. The van der Waals surface area contributed by atoms with Crippen LogP contribution in [0.15, 0.2) is 18.2 Å². The molecule has 0 bridgehead atoms. The summed E-state index contributed by atoms with van der Waals surface area (Å²) < 4.78 is 38.6. The molecule has 2 N–H and O–H groups in total. The van der Waals surface area contributed by atoms with Crippen molar-refractivity contribution in [2.24, 2.45) is 17.1 Å². The Balaban J connectivity index is 2.38. The molecule has 1 aliphatic carbocycles. The molecule has 2 atom stereocenters. The zero-order valence-electron chi connectivity index (χ0n) is 10.8. The molecule has 0 saturated heterocycles. The van der Waals surface area contributed by atoms with Gasteiger partial charge in [0.1, 0.15) is 0 Å². The lowest BCUT2D eigenvalue weighted by Crippen LogP contribution is -2.08. The summed E-state index contributed by atoms with van der Waals surface area (Å²) in [5, 5.41) is 0. The van der Waals surface area contributed by atoms with E-state index in [1.165, 1.54) is 13.0 Å². The summed E-state index contributed by atoms with van der Waals surface area (Å²) >= 11 is 0. The van der Waals surface area contributed by atoms with Gasteiger partial charge < -0.3 is 5.73 Å². The molecule has 1 aromatic rings. The number of rotatable bonds is 2. The Morgan fingerprint density at radius 2 is 1.89 bits per heavy atom. The van der Waals surface area contributed by atoms with Crippen LogP contribution >= 0.6 is 0 Å². The first-order valence-corrected chi connectivity index (χ1v) is 6.07. The number of benzene rings is 1. The molecule has 0 heterocycles. The maximum Gasteiger partial charge on any atom is 0.416 e. The van der Waals surface area contributed by atoms with Gasteiger partial charge in [0.05, 0.1) is 5.56 Å². The Hall–Kier alpha value is -1.03. The second kappa shape index (κ2) is 3.98. The molecule has 18 heavy (non-hydrogen) atoms. The first-order chi connectivity index (χ1) is 8.19. The minimum Gasteiger partial charge on any atom is -0.330 e. The molecule has 0 spiro atoms. The topological polar surface area (TPSA) is 26.0 Å². The molecule has 4 heteroatoms. The number of aryl methyl sites for hydroxylation is 1. The third kappa shape index (κ3) is 2.03. The second-order valence-electron chi connectivity index (χ2n) is 5.71. The molecule has 1 fully saturated rings. The normalized spacial score (nSPS) is 26.2. The highest BCUT2D eigenvalue weighted by atomic mass is 19.4. The van der Waals surface area contributed by atoms with Gasteiger partial charge in [-0.05, 0) is 47.9 Å². The fraction of sp³-hybridized carbons (Fsp3) is 0.571. The van der Waals surface area contributed by atoms with E-state index in [-0.39, 0.29) is 22.8 Å². The minimum atomic E-state index is -4.28. The van der Waals surface area contributed by atoms with Crippen molar-refractivity contribution >= 4 is 0 Å². The summed E-state index contributed by atoms with van der Waals surface area (Å²) in [4.78, 5) is 0. The first kappa shape index (κ1) is 13.4. The molecular formula is C14H18F3N. The molecule has 1 nitrogen and oxygen atoms in total. The van der Waals surface area contributed by atoms with Crippen LogP contribution in [0.1, 0.15) is 36.5 Å². The van der Waals surface area contributed by atoms with Crippen molar-refractivity contribution in [1.82, 2.24) is 0 Å². The van der Waals surface area contributed by atoms with Gasteiger partial charge in [-0.15, -0.1) is 0 Å². The van der Waals surface area contributed by atoms with E-state index >= 15 is 0 Å². The smallest absolute Gasteiger partial charge is 0.330 e. The number of hydrogen-bond acceptors (Lipinski definition) is 1. The molecule has 0 radical (unpaired) electrons. The van der Waals surface area contributed by atoms with Gasteiger partial charge in [-0.1, -0.05) is 26.0 Å². The number of nitrogens with two attached hydrogens (primary N) is 1. The molecular weight excluding hydrogens is 239 g/mol. The predicted octanol–water partition coefficient (Wildman–Crippen LogP) is 3.71. The third-order valence-corrected chi connectivity index (χ3v) is 4.23. The Morgan fingerprint density at radius 1 is 1.28 bits per heavy atom. The van der Waals surface area contributed by atoms with E-state index in [2.05, 4.69) is 13.8 Å². The van der Waals surface area contributed by atoms with E-state index in [1.807, 2.05) is 0 Å².